The molecule has 0 aliphatic rings. The minimum Gasteiger partial charge on any atom is -0.493 e. The Hall–Kier alpha value is -3.55. The van der Waals surface area contributed by atoms with Crippen molar-refractivity contribution in [2.24, 2.45) is 5.10 Å². The van der Waals surface area contributed by atoms with E-state index in [0.29, 0.717) is 28.6 Å². The highest BCUT2D eigenvalue weighted by molar-refractivity contribution is 5.84. The fourth-order valence-corrected chi connectivity index (χ4v) is 2.10. The van der Waals surface area contributed by atoms with Crippen molar-refractivity contribution in [3.05, 3.63) is 48.0 Å². The van der Waals surface area contributed by atoms with Crippen LogP contribution in [0.2, 0.25) is 0 Å². The van der Waals surface area contributed by atoms with E-state index in [4.69, 9.17) is 18.9 Å². The molecule has 0 fully saturated rings. The highest BCUT2D eigenvalue weighted by Crippen LogP contribution is 2.27. The van der Waals surface area contributed by atoms with Gasteiger partial charge in [0.05, 0.1) is 20.4 Å². The Balaban J connectivity index is 1.90. The van der Waals surface area contributed by atoms with Crippen LogP contribution in [0.15, 0.2) is 47.6 Å². The maximum absolute atomic E-state index is 11.8. The number of carbonyl (C=O) groups is 2. The van der Waals surface area contributed by atoms with Gasteiger partial charge in [0, 0.05) is 6.92 Å². The van der Waals surface area contributed by atoms with Crippen molar-refractivity contribution >= 4 is 18.1 Å². The molecule has 2 aromatic carbocycles. The minimum absolute atomic E-state index is 0.216. The van der Waals surface area contributed by atoms with Crippen LogP contribution in [0.1, 0.15) is 12.5 Å². The van der Waals surface area contributed by atoms with Crippen LogP contribution in [-0.4, -0.2) is 38.9 Å². The van der Waals surface area contributed by atoms with Gasteiger partial charge >= 0.3 is 5.97 Å². The SMILES string of the molecule is COc1ccccc1OCC(=O)N/N=C/c1ccc(OC(C)=O)c(OC)c1. The Bertz CT molecular complexity index is 835. The summed E-state index contributed by atoms with van der Waals surface area (Å²) in [4.78, 5) is 22.9. The summed E-state index contributed by atoms with van der Waals surface area (Å²) in [6.07, 6.45) is 1.43. The van der Waals surface area contributed by atoms with Crippen molar-refractivity contribution in [1.29, 1.82) is 0 Å². The Morgan fingerprint density at radius 2 is 1.70 bits per heavy atom. The van der Waals surface area contributed by atoms with Gasteiger partial charge in [-0.2, -0.15) is 5.10 Å². The second kappa shape index (κ2) is 9.81. The van der Waals surface area contributed by atoms with Crippen LogP contribution in [-0.2, 0) is 9.59 Å². The average Bonchev–Trinajstić information content (AvgIpc) is 2.67. The van der Waals surface area contributed by atoms with Crippen LogP contribution in [0, 0.1) is 0 Å². The first-order chi connectivity index (χ1) is 13.0. The molecule has 0 bridgehead atoms. The van der Waals surface area contributed by atoms with Crippen LogP contribution in [0.3, 0.4) is 0 Å². The number of hydrogen-bond donors (Lipinski definition) is 1. The normalized spacial score (nSPS) is 10.3. The number of methoxy groups -OCH3 is 2. The lowest BCUT2D eigenvalue weighted by Gasteiger charge is -2.09. The van der Waals surface area contributed by atoms with Crippen LogP contribution >= 0.6 is 0 Å². The molecule has 0 unspecified atom stereocenters. The van der Waals surface area contributed by atoms with E-state index >= 15 is 0 Å². The summed E-state index contributed by atoms with van der Waals surface area (Å²) in [5, 5.41) is 3.86. The molecule has 8 heteroatoms. The van der Waals surface area contributed by atoms with E-state index in [1.807, 2.05) is 0 Å². The lowest BCUT2D eigenvalue weighted by molar-refractivity contribution is -0.132. The molecule has 2 rings (SSSR count). The fourth-order valence-electron chi connectivity index (χ4n) is 2.10. The second-order valence-corrected chi connectivity index (χ2v) is 5.24. The summed E-state index contributed by atoms with van der Waals surface area (Å²) in [5.74, 6) is 0.799. The Labute approximate surface area is 156 Å². The first kappa shape index (κ1) is 19.8. The van der Waals surface area contributed by atoms with Crippen molar-refractivity contribution in [2.45, 2.75) is 6.92 Å². The predicted molar refractivity (Wildman–Crippen MR) is 98.5 cm³/mol. The average molecular weight is 372 g/mol. The third-order valence-corrected chi connectivity index (χ3v) is 3.27. The van der Waals surface area contributed by atoms with E-state index in [9.17, 15) is 9.59 Å². The number of benzene rings is 2. The molecule has 1 N–H and O–H groups in total. The summed E-state index contributed by atoms with van der Waals surface area (Å²) in [7, 11) is 2.98. The number of hydrazone groups is 1. The molecule has 0 heterocycles. The molecule has 0 radical (unpaired) electrons. The molecule has 2 aromatic rings. The van der Waals surface area contributed by atoms with E-state index in [1.54, 1.807) is 42.5 Å². The molecule has 27 heavy (non-hydrogen) atoms. The number of esters is 1. The molecule has 0 saturated heterocycles. The molecule has 1 amide bonds. The number of amides is 1. The standard InChI is InChI=1S/C19H20N2O6/c1-13(22)27-17-9-8-14(10-18(17)25-3)11-20-21-19(23)12-26-16-7-5-4-6-15(16)24-2/h4-11H,12H2,1-3H3,(H,21,23)/b20-11+. The van der Waals surface area contributed by atoms with Crippen LogP contribution in [0.25, 0.3) is 0 Å². The van der Waals surface area contributed by atoms with E-state index in [1.165, 1.54) is 27.4 Å². The van der Waals surface area contributed by atoms with Crippen LogP contribution in [0.4, 0.5) is 0 Å². The van der Waals surface area contributed by atoms with E-state index in [0.717, 1.165) is 0 Å². The topological polar surface area (TPSA) is 95.5 Å². The van der Waals surface area contributed by atoms with Crippen molar-refractivity contribution in [3.63, 3.8) is 0 Å². The fraction of sp³-hybridized carbons (Fsp3) is 0.211. The summed E-state index contributed by atoms with van der Waals surface area (Å²) in [6.45, 7) is 1.09. The molecule has 0 spiro atoms. The van der Waals surface area contributed by atoms with Gasteiger partial charge in [-0.3, -0.25) is 9.59 Å². The third kappa shape index (κ3) is 6.03. The number of nitrogens with one attached hydrogen (secondary N) is 1. The number of carbonyl (C=O) groups excluding carboxylic acids is 2. The van der Waals surface area contributed by atoms with E-state index < -0.39 is 11.9 Å². The van der Waals surface area contributed by atoms with E-state index in [-0.39, 0.29) is 6.61 Å². The van der Waals surface area contributed by atoms with Gasteiger partial charge in [-0.25, -0.2) is 5.43 Å². The highest BCUT2D eigenvalue weighted by atomic mass is 16.6. The number of rotatable bonds is 8. The third-order valence-electron chi connectivity index (χ3n) is 3.27. The maximum atomic E-state index is 11.8. The summed E-state index contributed by atoms with van der Waals surface area (Å²) >= 11 is 0. The van der Waals surface area contributed by atoms with Crippen LogP contribution < -0.4 is 24.4 Å². The highest BCUT2D eigenvalue weighted by Gasteiger charge is 2.08. The molecule has 0 aliphatic heterocycles. The zero-order chi connectivity index (χ0) is 19.6. The van der Waals surface area contributed by atoms with Gasteiger partial charge in [0.15, 0.2) is 29.6 Å². The summed E-state index contributed by atoms with van der Waals surface area (Å²) in [5.41, 5.74) is 3.01. The molecule has 8 nitrogen and oxygen atoms in total. The van der Waals surface area contributed by atoms with Crippen molar-refractivity contribution in [3.8, 4) is 23.0 Å². The van der Waals surface area contributed by atoms with Gasteiger partial charge in [-0.1, -0.05) is 12.1 Å². The largest absolute Gasteiger partial charge is 0.493 e. The molecular weight excluding hydrogens is 352 g/mol. The summed E-state index contributed by atoms with van der Waals surface area (Å²) < 4.78 is 20.7. The maximum Gasteiger partial charge on any atom is 0.308 e. The zero-order valence-electron chi connectivity index (χ0n) is 15.2. The van der Waals surface area contributed by atoms with Gasteiger partial charge in [0.1, 0.15) is 0 Å². The van der Waals surface area contributed by atoms with Crippen molar-refractivity contribution in [2.75, 3.05) is 20.8 Å². The van der Waals surface area contributed by atoms with E-state index in [2.05, 4.69) is 10.5 Å². The number of nitrogens with zero attached hydrogens (tertiary/aromatic N) is 1. The predicted octanol–water partition coefficient (Wildman–Crippen LogP) is 2.16. The van der Waals surface area contributed by atoms with Crippen molar-refractivity contribution < 1.29 is 28.5 Å². The van der Waals surface area contributed by atoms with Gasteiger partial charge in [-0.05, 0) is 35.9 Å². The smallest absolute Gasteiger partial charge is 0.308 e. The monoisotopic (exact) mass is 372 g/mol. The van der Waals surface area contributed by atoms with Gasteiger partial charge < -0.3 is 18.9 Å². The number of para-hydroxylation sites is 2. The summed E-state index contributed by atoms with van der Waals surface area (Å²) in [6, 6.07) is 11.9. The quantitative estimate of drug-likeness (QED) is 0.330. The molecule has 0 aromatic heterocycles. The first-order valence-electron chi connectivity index (χ1n) is 7.97. The lowest BCUT2D eigenvalue weighted by Crippen LogP contribution is -2.24. The zero-order valence-corrected chi connectivity index (χ0v) is 15.2. The van der Waals surface area contributed by atoms with Gasteiger partial charge in [-0.15, -0.1) is 0 Å². The minimum atomic E-state index is -0.447. The van der Waals surface area contributed by atoms with Gasteiger partial charge in [0.25, 0.3) is 5.91 Å². The molecular formula is C19H20N2O6. The number of hydrogen-bond acceptors (Lipinski definition) is 7. The second-order valence-electron chi connectivity index (χ2n) is 5.24. The first-order valence-corrected chi connectivity index (χ1v) is 7.97. The molecule has 0 saturated carbocycles. The van der Waals surface area contributed by atoms with Crippen LogP contribution in [0.5, 0.6) is 23.0 Å². The van der Waals surface area contributed by atoms with Crippen molar-refractivity contribution in [1.82, 2.24) is 5.43 Å². The Morgan fingerprint density at radius 3 is 2.37 bits per heavy atom. The van der Waals surface area contributed by atoms with Gasteiger partial charge in [0.2, 0.25) is 0 Å². The number of ether oxygens (including phenoxy) is 4. The molecule has 0 atom stereocenters. The molecule has 0 aliphatic carbocycles. The lowest BCUT2D eigenvalue weighted by atomic mass is 10.2. The molecule has 142 valence electrons. The Morgan fingerprint density at radius 1 is 1.00 bits per heavy atom. The Kier molecular flexibility index (Phi) is 7.18.